The van der Waals surface area contributed by atoms with Gasteiger partial charge in [0.05, 0.1) is 0 Å². The molecule has 2 rings (SSSR count). The second-order valence-electron chi connectivity index (χ2n) is 4.78. The van der Waals surface area contributed by atoms with E-state index < -0.39 is 8.11 Å². The molecular formula is C16H18Cl2Si. The van der Waals surface area contributed by atoms with Gasteiger partial charge in [-0.3, -0.25) is 0 Å². The number of benzene rings is 2. The molecule has 0 aliphatic heterocycles. The van der Waals surface area contributed by atoms with Gasteiger partial charge in [0.25, 0.3) is 0 Å². The van der Waals surface area contributed by atoms with Crippen LogP contribution in [-0.4, -0.2) is 8.11 Å². The first-order valence-corrected chi connectivity index (χ1v) is 10.5. The fourth-order valence-electron chi connectivity index (χ4n) is 2.09. The first kappa shape index (κ1) is 14.6. The third-order valence-electron chi connectivity index (χ3n) is 3.22. The van der Waals surface area contributed by atoms with E-state index in [1.165, 1.54) is 16.7 Å². The van der Waals surface area contributed by atoms with Gasteiger partial charge in [0.2, 0.25) is 0 Å². The molecule has 1 atom stereocenters. The Hall–Kier alpha value is -0.763. The maximum Gasteiger partial charge on any atom is 0.145 e. The van der Waals surface area contributed by atoms with Crippen molar-refractivity contribution in [2.45, 2.75) is 24.4 Å². The summed E-state index contributed by atoms with van der Waals surface area (Å²) in [6.07, 6.45) is 1.08. The maximum atomic E-state index is 6.54. The van der Waals surface area contributed by atoms with Crippen LogP contribution in [0.3, 0.4) is 0 Å². The Bertz CT molecular complexity index is 482. The molecule has 0 heterocycles. The van der Waals surface area contributed by atoms with E-state index in [-0.39, 0.29) is 0 Å². The molecule has 0 nitrogen and oxygen atoms in total. The Labute approximate surface area is 126 Å². The number of hydrogen-bond donors (Lipinski definition) is 0. The summed E-state index contributed by atoms with van der Waals surface area (Å²) < 4.78 is 0. The predicted molar refractivity (Wildman–Crippen MR) is 87.7 cm³/mol. The number of rotatable bonds is 6. The molecule has 0 saturated carbocycles. The lowest BCUT2D eigenvalue weighted by molar-refractivity contribution is 1.10. The molecule has 0 aromatic heterocycles. The fraction of sp³-hybridized carbons (Fsp3) is 0.250. The van der Waals surface area contributed by atoms with Crippen molar-refractivity contribution < 1.29 is 0 Å². The van der Waals surface area contributed by atoms with Gasteiger partial charge in [0, 0.05) is 5.88 Å². The molecule has 19 heavy (non-hydrogen) atoms. The monoisotopic (exact) mass is 308 g/mol. The second-order valence-corrected chi connectivity index (χ2v) is 9.07. The predicted octanol–water partition coefficient (Wildman–Crippen LogP) is 4.71. The topological polar surface area (TPSA) is 0 Å². The molecule has 0 N–H and O–H groups in total. The first-order valence-electron chi connectivity index (χ1n) is 6.59. The van der Waals surface area contributed by atoms with Crippen LogP contribution in [0.1, 0.15) is 16.7 Å². The van der Waals surface area contributed by atoms with Crippen LogP contribution in [0.25, 0.3) is 0 Å². The molecule has 0 aliphatic rings. The molecule has 0 aliphatic carbocycles. The highest BCUT2D eigenvalue weighted by molar-refractivity contribution is 7.06. The van der Waals surface area contributed by atoms with Gasteiger partial charge < -0.3 is 0 Å². The number of hydrogen-bond acceptors (Lipinski definition) is 0. The zero-order valence-corrected chi connectivity index (χ0v) is 13.5. The largest absolute Gasteiger partial charge is 0.171 e. The van der Waals surface area contributed by atoms with Crippen molar-refractivity contribution in [2.24, 2.45) is 0 Å². The second kappa shape index (κ2) is 7.74. The van der Waals surface area contributed by atoms with Crippen LogP contribution in [0, 0.1) is 0 Å². The quantitative estimate of drug-likeness (QED) is 0.412. The van der Waals surface area contributed by atoms with Crippen LogP contribution in [-0.2, 0) is 18.3 Å². The third-order valence-corrected chi connectivity index (χ3v) is 6.48. The number of aryl methyl sites for hydroxylation is 1. The Kier molecular flexibility index (Phi) is 5.96. The summed E-state index contributed by atoms with van der Waals surface area (Å²) in [6, 6.07) is 21.3. The lowest BCUT2D eigenvalue weighted by atomic mass is 10.1. The maximum absolute atomic E-state index is 6.54. The zero-order chi connectivity index (χ0) is 13.5. The van der Waals surface area contributed by atoms with Gasteiger partial charge >= 0.3 is 0 Å². The molecule has 0 amide bonds. The van der Waals surface area contributed by atoms with E-state index in [4.69, 9.17) is 22.7 Å². The molecule has 0 radical (unpaired) electrons. The Morgan fingerprint density at radius 1 is 0.789 bits per heavy atom. The minimum Gasteiger partial charge on any atom is -0.171 e. The van der Waals surface area contributed by atoms with Crippen molar-refractivity contribution in [3.05, 3.63) is 71.3 Å². The van der Waals surface area contributed by atoms with Crippen molar-refractivity contribution in [3.8, 4) is 0 Å². The van der Waals surface area contributed by atoms with E-state index in [9.17, 15) is 0 Å². The Morgan fingerprint density at radius 3 is 2.05 bits per heavy atom. The van der Waals surface area contributed by atoms with Gasteiger partial charge in [-0.25, -0.2) is 0 Å². The molecule has 2 aromatic rings. The van der Waals surface area contributed by atoms with Gasteiger partial charge in [0.1, 0.15) is 8.11 Å². The van der Waals surface area contributed by atoms with E-state index in [0.29, 0.717) is 5.88 Å². The SMILES string of the molecule is ClCc1ccc(CC[SiH](Cl)Cc2ccccc2)cc1. The van der Waals surface area contributed by atoms with Crippen LogP contribution in [0.2, 0.25) is 6.04 Å². The van der Waals surface area contributed by atoms with E-state index in [1.807, 2.05) is 6.07 Å². The van der Waals surface area contributed by atoms with Crippen molar-refractivity contribution in [1.29, 1.82) is 0 Å². The molecule has 0 bridgehead atoms. The third kappa shape index (κ3) is 5.02. The summed E-state index contributed by atoms with van der Waals surface area (Å²) in [6.45, 7) is 0. The highest BCUT2D eigenvalue weighted by atomic mass is 35.6. The smallest absolute Gasteiger partial charge is 0.145 e. The average Bonchev–Trinajstić information content (AvgIpc) is 2.47. The molecular weight excluding hydrogens is 291 g/mol. The van der Waals surface area contributed by atoms with Crippen LogP contribution < -0.4 is 0 Å². The van der Waals surface area contributed by atoms with Gasteiger partial charge in [0.15, 0.2) is 0 Å². The highest BCUT2D eigenvalue weighted by Gasteiger charge is 2.08. The fourth-order valence-corrected chi connectivity index (χ4v) is 4.76. The van der Waals surface area contributed by atoms with E-state index >= 15 is 0 Å². The minimum absolute atomic E-state index is 0.584. The van der Waals surface area contributed by atoms with Gasteiger partial charge in [-0.15, -0.1) is 11.6 Å². The number of alkyl halides is 1. The number of halogens is 2. The molecule has 1 unspecified atom stereocenters. The molecule has 0 saturated heterocycles. The molecule has 2 aromatic carbocycles. The van der Waals surface area contributed by atoms with Gasteiger partial charge in [-0.1, -0.05) is 54.6 Å². The molecule has 100 valence electrons. The first-order chi connectivity index (χ1) is 9.28. The molecule has 0 spiro atoms. The summed E-state index contributed by atoms with van der Waals surface area (Å²) >= 11 is 12.3. The highest BCUT2D eigenvalue weighted by Crippen LogP contribution is 2.14. The van der Waals surface area contributed by atoms with Crippen LogP contribution in [0.15, 0.2) is 54.6 Å². The van der Waals surface area contributed by atoms with Crippen LogP contribution in [0.5, 0.6) is 0 Å². The molecule has 3 heteroatoms. The van der Waals surface area contributed by atoms with Gasteiger partial charge in [-0.2, -0.15) is 11.1 Å². The summed E-state index contributed by atoms with van der Waals surface area (Å²) in [5.41, 5.74) is 3.90. The van der Waals surface area contributed by atoms with Crippen LogP contribution in [0.4, 0.5) is 0 Å². The summed E-state index contributed by atoms with van der Waals surface area (Å²) in [4.78, 5) is 0. The van der Waals surface area contributed by atoms with Crippen molar-refractivity contribution in [2.75, 3.05) is 0 Å². The summed E-state index contributed by atoms with van der Waals surface area (Å²) in [5, 5.41) is 0. The van der Waals surface area contributed by atoms with Crippen LogP contribution >= 0.6 is 22.7 Å². The Balaban J connectivity index is 1.81. The average molecular weight is 309 g/mol. The standard InChI is InChI=1S/C16H18Cl2Si/c17-12-15-8-6-14(7-9-15)10-11-19(18)13-16-4-2-1-3-5-16/h1-9,19H,10-13H2. The lowest BCUT2D eigenvalue weighted by Crippen LogP contribution is -2.09. The van der Waals surface area contributed by atoms with Crippen molar-refractivity contribution >= 4 is 30.8 Å². The van der Waals surface area contributed by atoms with E-state index in [1.54, 1.807) is 0 Å². The summed E-state index contributed by atoms with van der Waals surface area (Å²) in [5.74, 6) is 0.584. The van der Waals surface area contributed by atoms with E-state index in [2.05, 4.69) is 48.5 Å². The molecule has 0 fully saturated rings. The zero-order valence-electron chi connectivity index (χ0n) is 10.9. The Morgan fingerprint density at radius 2 is 1.42 bits per heavy atom. The lowest BCUT2D eigenvalue weighted by Gasteiger charge is -2.08. The van der Waals surface area contributed by atoms with Gasteiger partial charge in [-0.05, 0) is 35.2 Å². The summed E-state index contributed by atoms with van der Waals surface area (Å²) in [7, 11) is -1.17. The van der Waals surface area contributed by atoms with Crippen molar-refractivity contribution in [3.63, 3.8) is 0 Å². The minimum atomic E-state index is -1.17. The van der Waals surface area contributed by atoms with E-state index in [0.717, 1.165) is 18.5 Å². The normalized spacial score (nSPS) is 12.3. The van der Waals surface area contributed by atoms with Crippen molar-refractivity contribution in [1.82, 2.24) is 0 Å².